The van der Waals surface area contributed by atoms with E-state index in [1.807, 2.05) is 41.3 Å². The Bertz CT molecular complexity index is 1200. The van der Waals surface area contributed by atoms with Crippen LogP contribution in [-0.2, 0) is 11.3 Å². The number of rotatable bonds is 6. The summed E-state index contributed by atoms with van der Waals surface area (Å²) in [5.74, 6) is 0.263. The molecule has 8 heteroatoms. The fourth-order valence-electron chi connectivity index (χ4n) is 4.83. The van der Waals surface area contributed by atoms with Crippen molar-refractivity contribution >= 4 is 29.5 Å². The van der Waals surface area contributed by atoms with Crippen LogP contribution in [0.5, 0.6) is 5.75 Å². The summed E-state index contributed by atoms with van der Waals surface area (Å²) in [7, 11) is 0. The molecule has 0 unspecified atom stereocenters. The summed E-state index contributed by atoms with van der Waals surface area (Å²) >= 11 is 7.78. The van der Waals surface area contributed by atoms with Crippen molar-refractivity contribution in [2.45, 2.75) is 48.3 Å². The first kappa shape index (κ1) is 24.0. The lowest BCUT2D eigenvalue weighted by Gasteiger charge is -2.38. The largest absolute Gasteiger partial charge is 0.508 e. The van der Waals surface area contributed by atoms with Crippen molar-refractivity contribution in [3.05, 3.63) is 82.5 Å². The van der Waals surface area contributed by atoms with Gasteiger partial charge in [0.05, 0.1) is 6.04 Å². The van der Waals surface area contributed by atoms with Gasteiger partial charge in [0.25, 0.3) is 0 Å². The number of carbonyl (C=O) groups is 1. The fraction of sp³-hybridized carbons (Fsp3) is 0.333. The lowest BCUT2D eigenvalue weighted by Crippen LogP contribution is -2.46. The molecule has 3 aromatic rings. The Morgan fingerprint density at radius 3 is 2.60 bits per heavy atom. The summed E-state index contributed by atoms with van der Waals surface area (Å²) in [6, 6.07) is 19.2. The second-order valence-electron chi connectivity index (χ2n) is 9.05. The predicted octanol–water partition coefficient (Wildman–Crippen LogP) is 6.06. The van der Waals surface area contributed by atoms with E-state index < -0.39 is 0 Å². The van der Waals surface area contributed by atoms with Crippen molar-refractivity contribution < 1.29 is 14.6 Å². The fourth-order valence-corrected chi connectivity index (χ4v) is 5.86. The van der Waals surface area contributed by atoms with Crippen molar-refractivity contribution in [1.29, 1.82) is 0 Å². The molecule has 1 aromatic heterocycles. The van der Waals surface area contributed by atoms with E-state index in [4.69, 9.17) is 21.3 Å². The third-order valence-electron chi connectivity index (χ3n) is 6.72. The third kappa shape index (κ3) is 5.58. The molecule has 35 heavy (non-hydrogen) atoms. The van der Waals surface area contributed by atoms with Crippen molar-refractivity contribution in [3.8, 4) is 5.75 Å². The van der Waals surface area contributed by atoms with E-state index in [-0.39, 0.29) is 23.9 Å². The van der Waals surface area contributed by atoms with Crippen molar-refractivity contribution in [2.75, 3.05) is 19.7 Å². The molecule has 0 bridgehead atoms. The first-order valence-electron chi connectivity index (χ1n) is 11.8. The van der Waals surface area contributed by atoms with Gasteiger partial charge in [0, 0.05) is 41.3 Å². The van der Waals surface area contributed by atoms with Crippen LogP contribution in [0.25, 0.3) is 0 Å². The maximum absolute atomic E-state index is 12.6. The van der Waals surface area contributed by atoms with E-state index in [1.165, 1.54) is 5.56 Å². The van der Waals surface area contributed by atoms with Crippen LogP contribution in [0.3, 0.4) is 0 Å². The monoisotopic (exact) mass is 509 g/mol. The molecular formula is C27H28ClN3O3S. The van der Waals surface area contributed by atoms with Gasteiger partial charge in [-0.2, -0.15) is 0 Å². The SMILES string of the molecule is Cc1nc(Sc2ccc(O)cc2)ccc1CN1CCC(N2C(=O)OC[C@H]2c2cccc(Cl)c2)CC1. The minimum atomic E-state index is -0.227. The second-order valence-corrected chi connectivity index (χ2v) is 10.6. The number of carbonyl (C=O) groups excluding carboxylic acids is 1. The number of amides is 1. The van der Waals surface area contributed by atoms with Crippen LogP contribution in [0.4, 0.5) is 4.79 Å². The Kier molecular flexibility index (Phi) is 7.18. The van der Waals surface area contributed by atoms with Crippen molar-refractivity contribution in [1.82, 2.24) is 14.8 Å². The first-order chi connectivity index (χ1) is 17.0. The molecule has 1 atom stereocenters. The van der Waals surface area contributed by atoms with Gasteiger partial charge in [0.1, 0.15) is 17.4 Å². The summed E-state index contributed by atoms with van der Waals surface area (Å²) in [4.78, 5) is 22.8. The highest BCUT2D eigenvalue weighted by Crippen LogP contribution is 2.34. The summed E-state index contributed by atoms with van der Waals surface area (Å²) in [5, 5.41) is 11.1. The van der Waals surface area contributed by atoms with Gasteiger partial charge in [-0.3, -0.25) is 9.80 Å². The number of hydrogen-bond acceptors (Lipinski definition) is 6. The minimum absolute atomic E-state index is 0.0807. The number of phenols is 1. The number of benzene rings is 2. The summed E-state index contributed by atoms with van der Waals surface area (Å²) in [6.07, 6.45) is 1.59. The summed E-state index contributed by atoms with van der Waals surface area (Å²) in [5.41, 5.74) is 3.27. The van der Waals surface area contributed by atoms with Gasteiger partial charge in [0.2, 0.25) is 0 Å². The van der Waals surface area contributed by atoms with E-state index >= 15 is 0 Å². The van der Waals surface area contributed by atoms with Crippen LogP contribution in [0.2, 0.25) is 5.02 Å². The molecule has 2 saturated heterocycles. The number of cyclic esters (lactones) is 1. The molecular weight excluding hydrogens is 482 g/mol. The predicted molar refractivity (Wildman–Crippen MR) is 137 cm³/mol. The summed E-state index contributed by atoms with van der Waals surface area (Å²) < 4.78 is 5.43. The first-order valence-corrected chi connectivity index (χ1v) is 13.0. The highest BCUT2D eigenvalue weighted by atomic mass is 35.5. The van der Waals surface area contributed by atoms with Crippen LogP contribution in [-0.4, -0.2) is 51.7 Å². The molecule has 0 radical (unpaired) electrons. The zero-order chi connectivity index (χ0) is 24.4. The molecule has 0 saturated carbocycles. The Balaban J connectivity index is 1.19. The minimum Gasteiger partial charge on any atom is -0.508 e. The summed E-state index contributed by atoms with van der Waals surface area (Å²) in [6.45, 7) is 5.11. The molecule has 2 fully saturated rings. The number of likely N-dealkylation sites (tertiary alicyclic amines) is 1. The lowest BCUT2D eigenvalue weighted by atomic mass is 9.98. The van der Waals surface area contributed by atoms with E-state index in [0.29, 0.717) is 11.6 Å². The topological polar surface area (TPSA) is 65.9 Å². The number of aryl methyl sites for hydroxylation is 1. The molecule has 182 valence electrons. The molecule has 1 N–H and O–H groups in total. The quantitative estimate of drug-likeness (QED) is 0.436. The van der Waals surface area contributed by atoms with Crippen LogP contribution in [0.15, 0.2) is 70.6 Å². The number of pyridine rings is 1. The van der Waals surface area contributed by atoms with Crippen LogP contribution < -0.4 is 0 Å². The number of halogens is 1. The van der Waals surface area contributed by atoms with E-state index in [9.17, 15) is 9.90 Å². The molecule has 1 amide bonds. The molecule has 3 heterocycles. The van der Waals surface area contributed by atoms with Gasteiger partial charge in [-0.1, -0.05) is 41.6 Å². The number of aromatic nitrogens is 1. The number of hydrogen-bond donors (Lipinski definition) is 1. The van der Waals surface area contributed by atoms with Crippen LogP contribution in [0, 0.1) is 6.92 Å². The van der Waals surface area contributed by atoms with Crippen LogP contribution >= 0.6 is 23.4 Å². The highest BCUT2D eigenvalue weighted by molar-refractivity contribution is 7.99. The number of nitrogens with zero attached hydrogens (tertiary/aromatic N) is 3. The zero-order valence-electron chi connectivity index (χ0n) is 19.6. The van der Waals surface area contributed by atoms with Gasteiger partial charge in [-0.05, 0) is 73.4 Å². The van der Waals surface area contributed by atoms with E-state index in [0.717, 1.165) is 53.7 Å². The smallest absolute Gasteiger partial charge is 0.410 e. The number of phenolic OH excluding ortho intramolecular Hbond substituents is 1. The van der Waals surface area contributed by atoms with Crippen molar-refractivity contribution in [2.24, 2.45) is 0 Å². The average molecular weight is 510 g/mol. The van der Waals surface area contributed by atoms with Gasteiger partial charge in [-0.15, -0.1) is 0 Å². The average Bonchev–Trinajstić information content (AvgIpc) is 3.24. The number of piperidine rings is 1. The van der Waals surface area contributed by atoms with Gasteiger partial charge >= 0.3 is 6.09 Å². The molecule has 2 aliphatic heterocycles. The highest BCUT2D eigenvalue weighted by Gasteiger charge is 2.40. The molecule has 2 aliphatic rings. The molecule has 6 nitrogen and oxygen atoms in total. The third-order valence-corrected chi connectivity index (χ3v) is 7.90. The normalized spacial score (nSPS) is 19.2. The van der Waals surface area contributed by atoms with Crippen molar-refractivity contribution in [3.63, 3.8) is 0 Å². The van der Waals surface area contributed by atoms with Gasteiger partial charge < -0.3 is 9.84 Å². The second kappa shape index (κ2) is 10.5. The maximum Gasteiger partial charge on any atom is 0.410 e. The number of aromatic hydroxyl groups is 1. The van der Waals surface area contributed by atoms with Crippen LogP contribution in [0.1, 0.15) is 35.7 Å². The Morgan fingerprint density at radius 2 is 1.89 bits per heavy atom. The molecule has 2 aromatic carbocycles. The van der Waals surface area contributed by atoms with E-state index in [2.05, 4.69) is 24.0 Å². The van der Waals surface area contributed by atoms with E-state index in [1.54, 1.807) is 23.9 Å². The lowest BCUT2D eigenvalue weighted by molar-refractivity contribution is 0.104. The number of ether oxygens (including phenoxy) is 1. The zero-order valence-corrected chi connectivity index (χ0v) is 21.1. The maximum atomic E-state index is 12.6. The Hall–Kier alpha value is -2.74. The molecule has 0 spiro atoms. The van der Waals surface area contributed by atoms with Gasteiger partial charge in [0.15, 0.2) is 0 Å². The van der Waals surface area contributed by atoms with Gasteiger partial charge in [-0.25, -0.2) is 9.78 Å². The molecule has 5 rings (SSSR count). The Morgan fingerprint density at radius 1 is 1.11 bits per heavy atom. The molecule has 0 aliphatic carbocycles. The Labute approximate surface area is 214 Å². The standard InChI is InChI=1S/C27H28ClN3O3S/c1-18-20(5-10-26(29-18)35-24-8-6-23(32)7-9-24)16-30-13-11-22(12-14-30)31-25(17-34-27(31)33)19-3-2-4-21(28)15-19/h2-10,15,22,25,32H,11-14,16-17H2,1H3/t25-/m0/s1.